The van der Waals surface area contributed by atoms with E-state index >= 15 is 0 Å². The van der Waals surface area contributed by atoms with Crippen LogP contribution in [0, 0.1) is 5.92 Å². The van der Waals surface area contributed by atoms with Crippen molar-refractivity contribution < 1.29 is 19.4 Å². The molecule has 0 bridgehead atoms. The Morgan fingerprint density at radius 1 is 1.70 bits per heavy atom. The molecule has 1 N–H and O–H groups in total. The van der Waals surface area contributed by atoms with Gasteiger partial charge in [-0.15, -0.1) is 0 Å². The van der Waals surface area contributed by atoms with Gasteiger partial charge in [-0.1, -0.05) is 0 Å². The third kappa shape index (κ3) is 4.29. The van der Waals surface area contributed by atoms with E-state index in [0.29, 0.717) is 0 Å². The minimum atomic E-state index is -0.851. The predicted molar refractivity (Wildman–Crippen MR) is 34.6 cm³/mol. The van der Waals surface area contributed by atoms with E-state index in [1.54, 1.807) is 6.92 Å². The summed E-state index contributed by atoms with van der Waals surface area (Å²) in [6.45, 7) is 1.93. The average molecular weight is 148 g/mol. The van der Waals surface area contributed by atoms with Crippen molar-refractivity contribution in [3.05, 3.63) is 0 Å². The van der Waals surface area contributed by atoms with Gasteiger partial charge < -0.3 is 14.6 Å². The first-order valence-corrected chi connectivity index (χ1v) is 2.98. The summed E-state index contributed by atoms with van der Waals surface area (Å²) in [6.07, 6.45) is 0. The van der Waals surface area contributed by atoms with E-state index in [1.165, 1.54) is 7.11 Å². The highest BCUT2D eigenvalue weighted by molar-refractivity contribution is 5.69. The Balaban J connectivity index is 3.21. The highest BCUT2D eigenvalue weighted by Crippen LogP contribution is 1.94. The zero-order valence-electron chi connectivity index (χ0n) is 6.16. The molecule has 0 heterocycles. The van der Waals surface area contributed by atoms with Crippen molar-refractivity contribution in [2.45, 2.75) is 6.92 Å². The Hall–Kier alpha value is -0.610. The van der Waals surface area contributed by atoms with E-state index in [0.717, 1.165) is 0 Å². The van der Waals surface area contributed by atoms with Crippen LogP contribution in [-0.4, -0.2) is 31.6 Å². The molecule has 0 rings (SSSR count). The van der Waals surface area contributed by atoms with Gasteiger partial charge in [0, 0.05) is 7.11 Å². The summed E-state index contributed by atoms with van der Waals surface area (Å²) in [5.74, 6) is -1.31. The van der Waals surface area contributed by atoms with Gasteiger partial charge in [0.15, 0.2) is 0 Å². The monoisotopic (exact) mass is 148 g/mol. The van der Waals surface area contributed by atoms with Gasteiger partial charge in [-0.3, -0.25) is 4.79 Å². The second-order valence-electron chi connectivity index (χ2n) is 2.02. The zero-order valence-corrected chi connectivity index (χ0v) is 6.16. The number of hydrogen-bond donors (Lipinski definition) is 1. The molecule has 1 atom stereocenters. The second-order valence-corrected chi connectivity index (χ2v) is 2.02. The van der Waals surface area contributed by atoms with Crippen molar-refractivity contribution in [2.75, 3.05) is 20.5 Å². The Kier molecular flexibility index (Phi) is 4.88. The third-order valence-electron chi connectivity index (χ3n) is 0.991. The van der Waals surface area contributed by atoms with E-state index in [9.17, 15) is 4.79 Å². The van der Waals surface area contributed by atoms with E-state index in [1.807, 2.05) is 0 Å². The lowest BCUT2D eigenvalue weighted by atomic mass is 10.2. The molecule has 1 unspecified atom stereocenters. The van der Waals surface area contributed by atoms with E-state index in [2.05, 4.69) is 4.74 Å². The molecular weight excluding hydrogens is 136 g/mol. The van der Waals surface area contributed by atoms with Gasteiger partial charge in [-0.2, -0.15) is 0 Å². The van der Waals surface area contributed by atoms with Gasteiger partial charge in [0.05, 0.1) is 12.5 Å². The number of carbonyl (C=O) groups is 1. The maximum atomic E-state index is 10.2. The minimum absolute atomic E-state index is 0.150. The maximum Gasteiger partial charge on any atom is 0.308 e. The predicted octanol–water partition coefficient (Wildman–Crippen LogP) is 0.328. The van der Waals surface area contributed by atoms with Crippen LogP contribution in [0.2, 0.25) is 0 Å². The van der Waals surface area contributed by atoms with Gasteiger partial charge in [0.25, 0.3) is 0 Å². The largest absolute Gasteiger partial charge is 0.481 e. The second kappa shape index (κ2) is 5.20. The van der Waals surface area contributed by atoms with Crippen LogP contribution in [0.5, 0.6) is 0 Å². The highest BCUT2D eigenvalue weighted by Gasteiger charge is 2.09. The number of carboxylic acids is 1. The molecule has 0 fully saturated rings. The standard InChI is InChI=1S/C6H12O4/c1-5(6(7)8)3-10-4-9-2/h5H,3-4H2,1-2H3,(H,7,8). The number of carboxylic acid groups (broad SMARTS) is 1. The van der Waals surface area contributed by atoms with E-state index in [-0.39, 0.29) is 13.4 Å². The van der Waals surface area contributed by atoms with Crippen LogP contribution in [0.3, 0.4) is 0 Å². The number of hydrogen-bond acceptors (Lipinski definition) is 3. The molecule has 0 spiro atoms. The number of aliphatic carboxylic acids is 1. The van der Waals surface area contributed by atoms with E-state index in [4.69, 9.17) is 9.84 Å². The molecule has 4 nitrogen and oxygen atoms in total. The van der Waals surface area contributed by atoms with Gasteiger partial charge in [-0.05, 0) is 6.92 Å². The zero-order chi connectivity index (χ0) is 7.98. The van der Waals surface area contributed by atoms with Crippen LogP contribution in [0.25, 0.3) is 0 Å². The first-order valence-electron chi connectivity index (χ1n) is 2.98. The summed E-state index contributed by atoms with van der Waals surface area (Å²) >= 11 is 0. The topological polar surface area (TPSA) is 55.8 Å². The fourth-order valence-electron chi connectivity index (χ4n) is 0.380. The molecule has 0 saturated heterocycles. The lowest BCUT2D eigenvalue weighted by Gasteiger charge is -2.05. The van der Waals surface area contributed by atoms with Crippen molar-refractivity contribution in [1.82, 2.24) is 0 Å². The van der Waals surface area contributed by atoms with Crippen molar-refractivity contribution in [3.8, 4) is 0 Å². The van der Waals surface area contributed by atoms with Crippen molar-refractivity contribution in [2.24, 2.45) is 5.92 Å². The molecule has 0 aliphatic rings. The first-order chi connectivity index (χ1) is 4.68. The normalized spacial score (nSPS) is 13.0. The van der Waals surface area contributed by atoms with Crippen LogP contribution < -0.4 is 0 Å². The van der Waals surface area contributed by atoms with Crippen LogP contribution >= 0.6 is 0 Å². The Morgan fingerprint density at radius 3 is 2.70 bits per heavy atom. The van der Waals surface area contributed by atoms with Gasteiger partial charge in [-0.25, -0.2) is 0 Å². The van der Waals surface area contributed by atoms with Crippen LogP contribution in [0.1, 0.15) is 6.92 Å². The summed E-state index contributed by atoms with van der Waals surface area (Å²) in [5.41, 5.74) is 0. The summed E-state index contributed by atoms with van der Waals surface area (Å²) in [5, 5.41) is 8.36. The fraction of sp³-hybridized carbons (Fsp3) is 0.833. The fourth-order valence-corrected chi connectivity index (χ4v) is 0.380. The number of methoxy groups -OCH3 is 1. The molecule has 10 heavy (non-hydrogen) atoms. The minimum Gasteiger partial charge on any atom is -0.481 e. The van der Waals surface area contributed by atoms with Crippen molar-refractivity contribution >= 4 is 5.97 Å². The van der Waals surface area contributed by atoms with Gasteiger partial charge in [0.2, 0.25) is 0 Å². The van der Waals surface area contributed by atoms with Crippen LogP contribution in [0.4, 0.5) is 0 Å². The lowest BCUT2D eigenvalue weighted by molar-refractivity contribution is -0.144. The number of ether oxygens (including phenoxy) is 2. The van der Waals surface area contributed by atoms with Crippen LogP contribution in [-0.2, 0) is 14.3 Å². The van der Waals surface area contributed by atoms with Crippen molar-refractivity contribution in [3.63, 3.8) is 0 Å². The highest BCUT2D eigenvalue weighted by atomic mass is 16.7. The third-order valence-corrected chi connectivity index (χ3v) is 0.991. The Bertz CT molecular complexity index is 102. The average Bonchev–Trinajstić information content (AvgIpc) is 1.88. The molecule has 60 valence electrons. The Labute approximate surface area is 59.7 Å². The Morgan fingerprint density at radius 2 is 2.30 bits per heavy atom. The molecule has 4 heteroatoms. The molecule has 0 saturated carbocycles. The molecule has 0 aromatic carbocycles. The summed E-state index contributed by atoms with van der Waals surface area (Å²) in [7, 11) is 1.49. The molecule has 0 radical (unpaired) electrons. The first kappa shape index (κ1) is 9.39. The maximum absolute atomic E-state index is 10.2. The summed E-state index contributed by atoms with van der Waals surface area (Å²) in [4.78, 5) is 10.2. The smallest absolute Gasteiger partial charge is 0.308 e. The molecule has 0 aromatic rings. The molecule has 0 aromatic heterocycles. The summed E-state index contributed by atoms with van der Waals surface area (Å²) in [6, 6.07) is 0. The molecular formula is C6H12O4. The molecule has 0 aliphatic heterocycles. The summed E-state index contributed by atoms with van der Waals surface area (Å²) < 4.78 is 9.36. The number of rotatable bonds is 5. The molecule has 0 aliphatic carbocycles. The lowest BCUT2D eigenvalue weighted by Crippen LogP contribution is -2.16. The quantitative estimate of drug-likeness (QED) is 0.451. The van der Waals surface area contributed by atoms with Gasteiger partial charge in [0.1, 0.15) is 6.79 Å². The van der Waals surface area contributed by atoms with E-state index < -0.39 is 11.9 Å². The van der Waals surface area contributed by atoms with Crippen LogP contribution in [0.15, 0.2) is 0 Å². The SMILES string of the molecule is COCOCC(C)C(=O)O. The van der Waals surface area contributed by atoms with Gasteiger partial charge >= 0.3 is 5.97 Å². The molecule has 0 amide bonds. The van der Waals surface area contributed by atoms with Crippen molar-refractivity contribution in [1.29, 1.82) is 0 Å².